The van der Waals surface area contributed by atoms with Gasteiger partial charge in [-0.3, -0.25) is 4.79 Å². The van der Waals surface area contributed by atoms with Crippen molar-refractivity contribution in [1.82, 2.24) is 9.88 Å². The lowest BCUT2D eigenvalue weighted by Gasteiger charge is -2.14. The molecule has 3 aromatic rings. The molecule has 3 rings (SSSR count). The summed E-state index contributed by atoms with van der Waals surface area (Å²) in [6.45, 7) is 2.50. The van der Waals surface area contributed by atoms with Gasteiger partial charge in [-0.1, -0.05) is 23.7 Å². The fourth-order valence-corrected chi connectivity index (χ4v) is 3.17. The highest BCUT2D eigenvalue weighted by Crippen LogP contribution is 2.34. The quantitative estimate of drug-likeness (QED) is 0.657. The number of ether oxygens (including phenoxy) is 3. The maximum atomic E-state index is 12.7. The molecule has 0 bridgehead atoms. The molecule has 0 atom stereocenters. The first-order chi connectivity index (χ1) is 14.0. The molecule has 29 heavy (non-hydrogen) atoms. The molecule has 1 N–H and O–H groups in total. The normalized spacial score (nSPS) is 10.6. The maximum absolute atomic E-state index is 12.7. The van der Waals surface area contributed by atoms with Crippen molar-refractivity contribution in [2.45, 2.75) is 20.0 Å². The van der Waals surface area contributed by atoms with Crippen molar-refractivity contribution in [3.63, 3.8) is 0 Å². The van der Waals surface area contributed by atoms with E-state index in [1.165, 1.54) is 25.0 Å². The maximum Gasteiger partial charge on any atom is 0.412 e. The van der Waals surface area contributed by atoms with E-state index in [0.29, 0.717) is 33.8 Å². The molecule has 1 aromatic heterocycles. The van der Waals surface area contributed by atoms with Crippen molar-refractivity contribution >= 4 is 28.5 Å². The molecule has 0 aliphatic heterocycles. The Balaban J connectivity index is 1.93. The number of methoxy groups -OCH3 is 2. The molecule has 0 unspecified atom stereocenters. The Hall–Kier alpha value is -3.19. The minimum absolute atomic E-state index is 0.213. The molecule has 152 valence electrons. The first kappa shape index (κ1) is 20.5. The van der Waals surface area contributed by atoms with E-state index in [4.69, 9.17) is 25.8 Å². The van der Waals surface area contributed by atoms with Gasteiger partial charge in [0.25, 0.3) is 5.56 Å². The summed E-state index contributed by atoms with van der Waals surface area (Å²) in [7, 11) is 2.99. The molecule has 0 radical (unpaired) electrons. The van der Waals surface area contributed by atoms with Crippen LogP contribution in [-0.2, 0) is 13.1 Å². The van der Waals surface area contributed by atoms with Crippen LogP contribution in [0.5, 0.6) is 17.2 Å². The van der Waals surface area contributed by atoms with E-state index in [-0.39, 0.29) is 17.9 Å². The zero-order valence-corrected chi connectivity index (χ0v) is 17.1. The summed E-state index contributed by atoms with van der Waals surface area (Å²) in [4.78, 5) is 25.1. The summed E-state index contributed by atoms with van der Waals surface area (Å²) in [6.07, 6.45) is 0.859. The number of amides is 1. The standard InChI is InChI=1S/C21H21ClN2O5/c1-4-24-12-19(29-21(26)23-11-13-6-5-7-14(22)8-13)15-9-17(27-2)18(28-3)10-16(15)20(24)25/h5-10,12H,4,11H2,1-3H3,(H,23,26). The molecule has 0 aliphatic carbocycles. The molecule has 0 saturated carbocycles. The van der Waals surface area contributed by atoms with Gasteiger partial charge in [0.05, 0.1) is 25.8 Å². The SMILES string of the molecule is CCn1cc(OC(=O)NCc2cccc(Cl)c2)c2cc(OC)c(OC)cc2c1=O. The number of benzene rings is 2. The average molecular weight is 417 g/mol. The van der Waals surface area contributed by atoms with Crippen LogP contribution in [0.15, 0.2) is 47.4 Å². The Morgan fingerprint density at radius 3 is 2.38 bits per heavy atom. The highest BCUT2D eigenvalue weighted by atomic mass is 35.5. The van der Waals surface area contributed by atoms with E-state index < -0.39 is 6.09 Å². The number of halogens is 1. The molecule has 0 fully saturated rings. The minimum atomic E-state index is -0.651. The Morgan fingerprint density at radius 1 is 1.07 bits per heavy atom. The van der Waals surface area contributed by atoms with Gasteiger partial charge in [0.2, 0.25) is 0 Å². The van der Waals surface area contributed by atoms with E-state index in [2.05, 4.69) is 5.32 Å². The van der Waals surface area contributed by atoms with Crippen LogP contribution in [0.3, 0.4) is 0 Å². The zero-order chi connectivity index (χ0) is 21.0. The number of carbonyl (C=O) groups excluding carboxylic acids is 1. The van der Waals surface area contributed by atoms with E-state index in [0.717, 1.165) is 5.56 Å². The lowest BCUT2D eigenvalue weighted by Crippen LogP contribution is -2.27. The van der Waals surface area contributed by atoms with Gasteiger partial charge in [0.1, 0.15) is 0 Å². The number of pyridine rings is 1. The Kier molecular flexibility index (Phi) is 6.29. The van der Waals surface area contributed by atoms with Crippen LogP contribution in [0.4, 0.5) is 4.79 Å². The third kappa shape index (κ3) is 4.46. The highest BCUT2D eigenvalue weighted by Gasteiger charge is 2.16. The fraction of sp³-hybridized carbons (Fsp3) is 0.238. The monoisotopic (exact) mass is 416 g/mol. The summed E-state index contributed by atoms with van der Waals surface area (Å²) < 4.78 is 17.6. The van der Waals surface area contributed by atoms with Crippen molar-refractivity contribution < 1.29 is 19.0 Å². The largest absolute Gasteiger partial charge is 0.493 e. The van der Waals surface area contributed by atoms with E-state index in [1.54, 1.807) is 30.3 Å². The first-order valence-corrected chi connectivity index (χ1v) is 9.34. The number of fused-ring (bicyclic) bond motifs is 1. The molecular weight excluding hydrogens is 396 g/mol. The van der Waals surface area contributed by atoms with Gasteiger partial charge in [0.15, 0.2) is 17.2 Å². The number of nitrogens with one attached hydrogen (secondary N) is 1. The predicted molar refractivity (Wildman–Crippen MR) is 111 cm³/mol. The first-order valence-electron chi connectivity index (χ1n) is 8.96. The number of rotatable bonds is 6. The molecular formula is C21H21ClN2O5. The Morgan fingerprint density at radius 2 is 1.76 bits per heavy atom. The number of aryl methyl sites for hydroxylation is 1. The summed E-state index contributed by atoms with van der Waals surface area (Å²) in [5, 5.41) is 4.08. The third-order valence-electron chi connectivity index (χ3n) is 4.42. The van der Waals surface area contributed by atoms with Crippen LogP contribution in [0.25, 0.3) is 10.8 Å². The van der Waals surface area contributed by atoms with E-state index >= 15 is 0 Å². The van der Waals surface area contributed by atoms with Gasteiger partial charge in [-0.05, 0) is 36.8 Å². The van der Waals surface area contributed by atoms with Crippen molar-refractivity contribution in [2.24, 2.45) is 0 Å². The highest BCUT2D eigenvalue weighted by molar-refractivity contribution is 6.30. The number of carbonyl (C=O) groups is 1. The van der Waals surface area contributed by atoms with Gasteiger partial charge >= 0.3 is 6.09 Å². The molecule has 8 heteroatoms. The lowest BCUT2D eigenvalue weighted by molar-refractivity contribution is 0.200. The smallest absolute Gasteiger partial charge is 0.412 e. The second-order valence-corrected chi connectivity index (χ2v) is 6.65. The van der Waals surface area contributed by atoms with Crippen LogP contribution in [0, 0.1) is 0 Å². The summed E-state index contributed by atoms with van der Waals surface area (Å²) in [5.41, 5.74) is 0.624. The van der Waals surface area contributed by atoms with Gasteiger partial charge in [-0.15, -0.1) is 0 Å². The van der Waals surface area contributed by atoms with Crippen LogP contribution in [-0.4, -0.2) is 24.9 Å². The molecule has 0 aliphatic rings. The fourth-order valence-electron chi connectivity index (χ4n) is 2.96. The van der Waals surface area contributed by atoms with Gasteiger partial charge in [-0.2, -0.15) is 0 Å². The number of nitrogens with zero attached hydrogens (tertiary/aromatic N) is 1. The van der Waals surface area contributed by atoms with E-state index in [1.807, 2.05) is 13.0 Å². The van der Waals surface area contributed by atoms with Crippen LogP contribution in [0.2, 0.25) is 5.02 Å². The predicted octanol–water partition coefficient (Wildman–Crippen LogP) is 3.98. The van der Waals surface area contributed by atoms with Gasteiger partial charge < -0.3 is 24.1 Å². The summed E-state index contributed by atoms with van der Waals surface area (Å²) in [6, 6.07) is 10.4. The lowest BCUT2D eigenvalue weighted by atomic mass is 10.1. The number of hydrogen-bond donors (Lipinski definition) is 1. The second-order valence-electron chi connectivity index (χ2n) is 6.21. The number of hydrogen-bond acceptors (Lipinski definition) is 5. The van der Waals surface area contributed by atoms with Crippen molar-refractivity contribution in [3.05, 3.63) is 63.5 Å². The van der Waals surface area contributed by atoms with Crippen molar-refractivity contribution in [1.29, 1.82) is 0 Å². The van der Waals surface area contributed by atoms with Gasteiger partial charge in [0, 0.05) is 23.5 Å². The Bertz CT molecular complexity index is 1110. The molecule has 1 heterocycles. The van der Waals surface area contributed by atoms with E-state index in [9.17, 15) is 9.59 Å². The third-order valence-corrected chi connectivity index (χ3v) is 4.66. The minimum Gasteiger partial charge on any atom is -0.493 e. The van der Waals surface area contributed by atoms with Crippen LogP contribution in [0.1, 0.15) is 12.5 Å². The van der Waals surface area contributed by atoms with Crippen LogP contribution >= 0.6 is 11.6 Å². The molecule has 7 nitrogen and oxygen atoms in total. The number of aromatic nitrogens is 1. The molecule has 2 aromatic carbocycles. The second kappa shape index (κ2) is 8.87. The average Bonchev–Trinajstić information content (AvgIpc) is 2.73. The molecule has 1 amide bonds. The topological polar surface area (TPSA) is 78.8 Å². The molecule has 0 spiro atoms. The van der Waals surface area contributed by atoms with Crippen LogP contribution < -0.4 is 25.1 Å². The van der Waals surface area contributed by atoms with Crippen molar-refractivity contribution in [2.75, 3.05) is 14.2 Å². The van der Waals surface area contributed by atoms with Gasteiger partial charge in [-0.25, -0.2) is 4.79 Å². The summed E-state index contributed by atoms with van der Waals surface area (Å²) in [5.74, 6) is 1.09. The molecule has 0 saturated heterocycles. The Labute approximate surface area is 172 Å². The van der Waals surface area contributed by atoms with Crippen molar-refractivity contribution in [3.8, 4) is 17.2 Å². The zero-order valence-electron chi connectivity index (χ0n) is 16.3. The summed E-state index contributed by atoms with van der Waals surface area (Å²) >= 11 is 5.96.